The van der Waals surface area contributed by atoms with Crippen LogP contribution in [0.3, 0.4) is 0 Å². The highest BCUT2D eigenvalue weighted by Gasteiger charge is 2.42. The van der Waals surface area contributed by atoms with E-state index in [1.807, 2.05) is 12.4 Å². The summed E-state index contributed by atoms with van der Waals surface area (Å²) in [5.74, 6) is 0.704. The maximum atomic E-state index is 10.3. The van der Waals surface area contributed by atoms with Crippen LogP contribution in [0.1, 0.15) is 45.1 Å². The van der Waals surface area contributed by atoms with Crippen LogP contribution in [0.2, 0.25) is 0 Å². The van der Waals surface area contributed by atoms with Crippen molar-refractivity contribution in [3.63, 3.8) is 0 Å². The largest absolute Gasteiger partial charge is 0.396 e. The topological polar surface area (TPSA) is 69.5 Å². The van der Waals surface area contributed by atoms with E-state index in [1.54, 1.807) is 0 Å². The number of aliphatic hydroxyl groups is 2. The summed E-state index contributed by atoms with van der Waals surface area (Å²) in [6.07, 6.45) is 7.82. The van der Waals surface area contributed by atoms with Crippen LogP contribution in [0.4, 0.5) is 5.95 Å². The van der Waals surface area contributed by atoms with Gasteiger partial charge in [0.2, 0.25) is 5.95 Å². The molecule has 0 saturated carbocycles. The second-order valence-corrected chi connectivity index (χ2v) is 6.14. The predicted octanol–water partition coefficient (Wildman–Crippen LogP) is 1.78. The molecule has 0 unspecified atom stereocenters. The zero-order valence-corrected chi connectivity index (χ0v) is 13.1. The molecule has 0 amide bonds. The molecular weight excluding hydrogens is 266 g/mol. The van der Waals surface area contributed by atoms with Gasteiger partial charge in [-0.05, 0) is 24.8 Å². The van der Waals surface area contributed by atoms with Crippen LogP contribution in [0.25, 0.3) is 0 Å². The normalized spacial score (nSPS) is 26.1. The highest BCUT2D eigenvalue weighted by atomic mass is 16.3. The van der Waals surface area contributed by atoms with Gasteiger partial charge in [-0.3, -0.25) is 0 Å². The molecule has 2 N–H and O–H groups in total. The zero-order valence-electron chi connectivity index (χ0n) is 13.1. The number of aryl methyl sites for hydroxylation is 1. The molecule has 1 aliphatic rings. The van der Waals surface area contributed by atoms with Crippen molar-refractivity contribution in [3.8, 4) is 0 Å². The third kappa shape index (κ3) is 3.52. The Morgan fingerprint density at radius 3 is 2.57 bits per heavy atom. The van der Waals surface area contributed by atoms with Crippen LogP contribution in [0, 0.1) is 5.41 Å². The molecule has 21 heavy (non-hydrogen) atoms. The summed E-state index contributed by atoms with van der Waals surface area (Å²) in [5.41, 5.74) is 0.707. The second kappa shape index (κ2) is 7.18. The van der Waals surface area contributed by atoms with Crippen molar-refractivity contribution >= 4 is 5.95 Å². The molecule has 1 aliphatic heterocycles. The Labute approximate surface area is 127 Å². The first-order valence-electron chi connectivity index (χ1n) is 8.00. The van der Waals surface area contributed by atoms with Gasteiger partial charge in [0.1, 0.15) is 0 Å². The van der Waals surface area contributed by atoms with Gasteiger partial charge in [-0.1, -0.05) is 26.7 Å². The molecule has 0 aliphatic carbocycles. The standard InChI is InChI=1S/C16H27N3O2/c1-3-5-13-9-17-15(18-10-13)19-8-6-14(21)16(11-19,12-20)7-4-2/h9-10,14,20-21H,3-8,11-12H2,1-2H3/t14-,16-/m0/s1. The smallest absolute Gasteiger partial charge is 0.225 e. The lowest BCUT2D eigenvalue weighted by Crippen LogP contribution is -2.54. The van der Waals surface area contributed by atoms with E-state index in [1.165, 1.54) is 0 Å². The van der Waals surface area contributed by atoms with Gasteiger partial charge in [-0.25, -0.2) is 9.97 Å². The molecule has 2 rings (SSSR count). The quantitative estimate of drug-likeness (QED) is 0.836. The Morgan fingerprint density at radius 1 is 1.29 bits per heavy atom. The number of hydrogen-bond acceptors (Lipinski definition) is 5. The first-order chi connectivity index (χ1) is 10.1. The third-order valence-corrected chi connectivity index (χ3v) is 4.46. The maximum absolute atomic E-state index is 10.3. The Kier molecular flexibility index (Phi) is 5.53. The van der Waals surface area contributed by atoms with Gasteiger partial charge in [0.25, 0.3) is 0 Å². The molecule has 1 fully saturated rings. The lowest BCUT2D eigenvalue weighted by molar-refractivity contribution is -0.0354. The fraction of sp³-hybridized carbons (Fsp3) is 0.750. The average Bonchev–Trinajstić information content (AvgIpc) is 2.51. The van der Waals surface area contributed by atoms with E-state index < -0.39 is 11.5 Å². The molecule has 1 aromatic rings. The SMILES string of the molecule is CCCc1cnc(N2CC[C@H](O)[C@@](CO)(CCC)C2)nc1. The highest BCUT2D eigenvalue weighted by Crippen LogP contribution is 2.35. The van der Waals surface area contributed by atoms with E-state index in [2.05, 4.69) is 28.7 Å². The summed E-state index contributed by atoms with van der Waals surface area (Å²) in [7, 11) is 0. The van der Waals surface area contributed by atoms with Gasteiger partial charge in [-0.2, -0.15) is 0 Å². The monoisotopic (exact) mass is 293 g/mol. The van der Waals surface area contributed by atoms with Crippen molar-refractivity contribution in [1.29, 1.82) is 0 Å². The summed E-state index contributed by atoms with van der Waals surface area (Å²) < 4.78 is 0. The molecule has 0 aromatic carbocycles. The first kappa shape index (κ1) is 16.2. The van der Waals surface area contributed by atoms with Crippen molar-refractivity contribution in [1.82, 2.24) is 9.97 Å². The number of aliphatic hydroxyl groups excluding tert-OH is 2. The Hall–Kier alpha value is -1.20. The van der Waals surface area contributed by atoms with Crippen molar-refractivity contribution in [2.24, 2.45) is 5.41 Å². The lowest BCUT2D eigenvalue weighted by atomic mass is 9.74. The molecule has 0 spiro atoms. The summed E-state index contributed by atoms with van der Waals surface area (Å²) in [6.45, 7) is 5.58. The van der Waals surface area contributed by atoms with Crippen LogP contribution < -0.4 is 4.90 Å². The molecule has 0 radical (unpaired) electrons. The molecule has 5 heteroatoms. The highest BCUT2D eigenvalue weighted by molar-refractivity contribution is 5.32. The second-order valence-electron chi connectivity index (χ2n) is 6.14. The Bertz CT molecular complexity index is 438. The zero-order chi connectivity index (χ0) is 15.3. The van der Waals surface area contributed by atoms with Crippen LogP contribution in [0.15, 0.2) is 12.4 Å². The van der Waals surface area contributed by atoms with Gasteiger partial charge in [0.15, 0.2) is 0 Å². The molecule has 118 valence electrons. The van der Waals surface area contributed by atoms with E-state index in [9.17, 15) is 10.2 Å². The third-order valence-electron chi connectivity index (χ3n) is 4.46. The van der Waals surface area contributed by atoms with Crippen LogP contribution in [0.5, 0.6) is 0 Å². The van der Waals surface area contributed by atoms with Gasteiger partial charge in [0.05, 0.1) is 12.7 Å². The van der Waals surface area contributed by atoms with Gasteiger partial charge in [-0.15, -0.1) is 0 Å². The number of hydrogen-bond donors (Lipinski definition) is 2. The van der Waals surface area contributed by atoms with E-state index in [-0.39, 0.29) is 6.61 Å². The molecule has 2 heterocycles. The minimum Gasteiger partial charge on any atom is -0.396 e. The first-order valence-corrected chi connectivity index (χ1v) is 8.00. The fourth-order valence-electron chi connectivity index (χ4n) is 3.23. The van der Waals surface area contributed by atoms with E-state index in [0.29, 0.717) is 18.9 Å². The van der Waals surface area contributed by atoms with Crippen LogP contribution in [-0.2, 0) is 6.42 Å². The molecular formula is C16H27N3O2. The van der Waals surface area contributed by atoms with Crippen molar-refractivity contribution in [2.45, 2.75) is 52.1 Å². The minimum absolute atomic E-state index is 0.00637. The Morgan fingerprint density at radius 2 is 2.00 bits per heavy atom. The van der Waals surface area contributed by atoms with Crippen molar-refractivity contribution < 1.29 is 10.2 Å². The van der Waals surface area contributed by atoms with Crippen LogP contribution in [-0.4, -0.2) is 46.0 Å². The maximum Gasteiger partial charge on any atom is 0.225 e. The van der Waals surface area contributed by atoms with E-state index in [0.717, 1.165) is 37.8 Å². The molecule has 2 atom stereocenters. The summed E-state index contributed by atoms with van der Waals surface area (Å²) in [6, 6.07) is 0. The van der Waals surface area contributed by atoms with E-state index >= 15 is 0 Å². The average molecular weight is 293 g/mol. The molecule has 5 nitrogen and oxygen atoms in total. The predicted molar refractivity (Wildman–Crippen MR) is 83.3 cm³/mol. The summed E-state index contributed by atoms with van der Waals surface area (Å²) in [4.78, 5) is 11.0. The minimum atomic E-state index is -0.446. The van der Waals surface area contributed by atoms with Gasteiger partial charge in [0, 0.05) is 30.9 Å². The number of aromatic nitrogens is 2. The molecule has 1 aromatic heterocycles. The van der Waals surface area contributed by atoms with Gasteiger partial charge >= 0.3 is 0 Å². The summed E-state index contributed by atoms with van der Waals surface area (Å²) in [5, 5.41) is 20.1. The number of nitrogens with zero attached hydrogens (tertiary/aromatic N) is 3. The van der Waals surface area contributed by atoms with Crippen LogP contribution >= 0.6 is 0 Å². The lowest BCUT2D eigenvalue weighted by Gasteiger charge is -2.45. The van der Waals surface area contributed by atoms with E-state index in [4.69, 9.17) is 0 Å². The number of anilines is 1. The van der Waals surface area contributed by atoms with Crippen molar-refractivity contribution in [2.75, 3.05) is 24.6 Å². The number of rotatable bonds is 6. The fourth-order valence-corrected chi connectivity index (χ4v) is 3.23. The molecule has 0 bridgehead atoms. The Balaban J connectivity index is 2.13. The van der Waals surface area contributed by atoms with Crippen molar-refractivity contribution in [3.05, 3.63) is 18.0 Å². The van der Waals surface area contributed by atoms with Gasteiger partial charge < -0.3 is 15.1 Å². The molecule has 1 saturated heterocycles. The number of piperidine rings is 1. The summed E-state index contributed by atoms with van der Waals surface area (Å²) >= 11 is 0.